The van der Waals surface area contributed by atoms with Crippen molar-refractivity contribution in [3.05, 3.63) is 34.3 Å². The summed E-state index contributed by atoms with van der Waals surface area (Å²) < 4.78 is 26.1. The van der Waals surface area contributed by atoms with Crippen LogP contribution in [0.3, 0.4) is 0 Å². The molecule has 0 atom stereocenters. The Balaban J connectivity index is 3.04. The van der Waals surface area contributed by atoms with Gasteiger partial charge in [0.2, 0.25) is 0 Å². The Hall–Kier alpha value is -0.960. The molecule has 0 aliphatic rings. The van der Waals surface area contributed by atoms with E-state index in [1.54, 1.807) is 6.07 Å². The van der Waals surface area contributed by atoms with E-state index in [0.717, 1.165) is 18.1 Å². The molecular formula is C12H13ClF2O. The van der Waals surface area contributed by atoms with Crippen molar-refractivity contribution < 1.29 is 13.6 Å². The van der Waals surface area contributed by atoms with Gasteiger partial charge in [-0.15, -0.1) is 0 Å². The summed E-state index contributed by atoms with van der Waals surface area (Å²) in [5.41, 5.74) is 0.460. The minimum Gasteiger partial charge on any atom is -0.296 e. The monoisotopic (exact) mass is 246 g/mol. The molecule has 0 unspecified atom stereocenters. The third kappa shape index (κ3) is 3.01. The summed E-state index contributed by atoms with van der Waals surface area (Å²) in [7, 11) is 0. The molecule has 0 radical (unpaired) electrons. The zero-order chi connectivity index (χ0) is 12.3. The van der Waals surface area contributed by atoms with E-state index in [1.807, 2.05) is 13.8 Å². The molecule has 0 amide bonds. The Bertz CT molecular complexity index is 389. The lowest BCUT2D eigenvalue weighted by Gasteiger charge is -2.12. The van der Waals surface area contributed by atoms with Crippen LogP contribution in [0.5, 0.6) is 0 Å². The molecule has 16 heavy (non-hydrogen) atoms. The van der Waals surface area contributed by atoms with E-state index in [2.05, 4.69) is 0 Å². The largest absolute Gasteiger partial charge is 0.327 e. The molecule has 0 N–H and O–H groups in total. The summed E-state index contributed by atoms with van der Waals surface area (Å²) in [6.07, 6.45) is 0.354. The Kier molecular flexibility index (Phi) is 4.03. The molecule has 0 spiro atoms. The van der Waals surface area contributed by atoms with E-state index >= 15 is 0 Å². The number of hydrogen-bond acceptors (Lipinski definition) is 1. The highest BCUT2D eigenvalue weighted by Gasteiger charge is 2.31. The second-order valence-corrected chi connectivity index (χ2v) is 4.55. The van der Waals surface area contributed by atoms with Crippen molar-refractivity contribution >= 4 is 17.9 Å². The summed E-state index contributed by atoms with van der Waals surface area (Å²) in [6, 6.07) is 3.96. The molecule has 0 saturated carbocycles. The fourth-order valence-electron chi connectivity index (χ4n) is 1.43. The number of aldehydes is 1. The lowest BCUT2D eigenvalue weighted by molar-refractivity contribution is -0.130. The molecule has 4 heteroatoms. The zero-order valence-corrected chi connectivity index (χ0v) is 9.89. The van der Waals surface area contributed by atoms with Gasteiger partial charge in [0.25, 0.3) is 0 Å². The maximum atomic E-state index is 13.0. The molecule has 0 aliphatic heterocycles. The van der Waals surface area contributed by atoms with Crippen LogP contribution < -0.4 is 0 Å². The summed E-state index contributed by atoms with van der Waals surface area (Å²) in [5.74, 6) is -3.06. The summed E-state index contributed by atoms with van der Waals surface area (Å²) >= 11 is 5.89. The first-order valence-corrected chi connectivity index (χ1v) is 5.37. The van der Waals surface area contributed by atoms with Crippen LogP contribution in [0.1, 0.15) is 25.0 Å². The molecule has 0 heterocycles. The van der Waals surface area contributed by atoms with Crippen molar-refractivity contribution in [1.82, 2.24) is 0 Å². The fraction of sp³-hybridized carbons (Fsp3) is 0.417. The zero-order valence-electron chi connectivity index (χ0n) is 9.14. The molecule has 0 bridgehead atoms. The highest BCUT2D eigenvalue weighted by atomic mass is 35.5. The van der Waals surface area contributed by atoms with Crippen LogP contribution in [-0.2, 0) is 17.1 Å². The van der Waals surface area contributed by atoms with Crippen LogP contribution in [0, 0.1) is 5.92 Å². The van der Waals surface area contributed by atoms with Crippen molar-refractivity contribution in [3.63, 3.8) is 0 Å². The first-order valence-electron chi connectivity index (χ1n) is 5.00. The van der Waals surface area contributed by atoms with Gasteiger partial charge in [0.15, 0.2) is 6.29 Å². The van der Waals surface area contributed by atoms with Crippen LogP contribution in [0.2, 0.25) is 5.02 Å². The number of alkyl halides is 2. The smallest absolute Gasteiger partial charge is 0.296 e. The lowest BCUT2D eigenvalue weighted by Crippen LogP contribution is -2.14. The van der Waals surface area contributed by atoms with Crippen LogP contribution in [0.4, 0.5) is 8.78 Å². The van der Waals surface area contributed by atoms with E-state index in [9.17, 15) is 13.6 Å². The van der Waals surface area contributed by atoms with Crippen LogP contribution in [0.15, 0.2) is 18.2 Å². The maximum absolute atomic E-state index is 13.0. The molecular weight excluding hydrogens is 234 g/mol. The van der Waals surface area contributed by atoms with Crippen molar-refractivity contribution in [2.45, 2.75) is 26.2 Å². The number of rotatable bonds is 4. The Morgan fingerprint density at radius 2 is 2.06 bits per heavy atom. The maximum Gasteiger partial charge on any atom is 0.327 e. The van der Waals surface area contributed by atoms with Gasteiger partial charge in [-0.2, -0.15) is 8.78 Å². The first-order chi connectivity index (χ1) is 7.36. The quantitative estimate of drug-likeness (QED) is 0.738. The number of carbonyl (C=O) groups excluding carboxylic acids is 1. The highest BCUT2D eigenvalue weighted by molar-refractivity contribution is 6.31. The second kappa shape index (κ2) is 4.91. The van der Waals surface area contributed by atoms with E-state index < -0.39 is 5.92 Å². The second-order valence-electron chi connectivity index (χ2n) is 4.14. The molecule has 0 fully saturated rings. The van der Waals surface area contributed by atoms with E-state index in [0.29, 0.717) is 5.92 Å². The van der Waals surface area contributed by atoms with Crippen LogP contribution >= 0.6 is 11.6 Å². The van der Waals surface area contributed by atoms with Crippen LogP contribution in [0.25, 0.3) is 0 Å². The predicted molar refractivity (Wildman–Crippen MR) is 60.0 cm³/mol. The van der Waals surface area contributed by atoms with E-state index in [4.69, 9.17) is 11.6 Å². The Morgan fingerprint density at radius 1 is 1.44 bits per heavy atom. The molecule has 1 rings (SSSR count). The molecule has 1 aromatic carbocycles. The van der Waals surface area contributed by atoms with Gasteiger partial charge in [-0.05, 0) is 24.0 Å². The van der Waals surface area contributed by atoms with Gasteiger partial charge in [-0.1, -0.05) is 37.6 Å². The fourth-order valence-corrected chi connectivity index (χ4v) is 1.69. The number of benzene rings is 1. The van der Waals surface area contributed by atoms with Gasteiger partial charge in [-0.25, -0.2) is 0 Å². The summed E-state index contributed by atoms with van der Waals surface area (Å²) in [5, 5.41) is 0.285. The van der Waals surface area contributed by atoms with Gasteiger partial charge in [0.1, 0.15) is 0 Å². The predicted octanol–water partition coefficient (Wildman–Crippen LogP) is 3.83. The average molecular weight is 247 g/mol. The topological polar surface area (TPSA) is 17.1 Å². The van der Waals surface area contributed by atoms with Crippen molar-refractivity contribution in [1.29, 1.82) is 0 Å². The number of hydrogen-bond donors (Lipinski definition) is 0. The van der Waals surface area contributed by atoms with Gasteiger partial charge in [-0.3, -0.25) is 4.79 Å². The lowest BCUT2D eigenvalue weighted by atomic mass is 10.00. The molecule has 0 aromatic heterocycles. The van der Waals surface area contributed by atoms with Gasteiger partial charge in [0.05, 0.1) is 0 Å². The highest BCUT2D eigenvalue weighted by Crippen LogP contribution is 2.30. The normalized spacial score (nSPS) is 11.9. The standard InChI is InChI=1S/C12H13ClF2O/c1-8(2)5-9-3-4-10(6-11(9)13)12(14,15)7-16/h3-4,6-8H,5H2,1-2H3. The van der Waals surface area contributed by atoms with E-state index in [1.165, 1.54) is 6.07 Å². The molecule has 0 aliphatic carbocycles. The number of halogens is 3. The SMILES string of the molecule is CC(C)Cc1ccc(C(F)(F)C=O)cc1Cl. The van der Waals surface area contributed by atoms with Gasteiger partial charge >= 0.3 is 5.92 Å². The van der Waals surface area contributed by atoms with Crippen LogP contribution in [-0.4, -0.2) is 6.29 Å². The Labute approximate surface area is 98.4 Å². The van der Waals surface area contributed by atoms with Gasteiger partial charge < -0.3 is 0 Å². The molecule has 88 valence electrons. The van der Waals surface area contributed by atoms with Crippen molar-refractivity contribution in [3.8, 4) is 0 Å². The van der Waals surface area contributed by atoms with Gasteiger partial charge in [0, 0.05) is 10.6 Å². The van der Waals surface area contributed by atoms with E-state index in [-0.39, 0.29) is 16.9 Å². The molecule has 1 aromatic rings. The summed E-state index contributed by atoms with van der Waals surface area (Å²) in [4.78, 5) is 10.2. The van der Waals surface area contributed by atoms with Crippen molar-refractivity contribution in [2.24, 2.45) is 5.92 Å². The number of carbonyl (C=O) groups is 1. The summed E-state index contributed by atoms with van der Waals surface area (Å²) in [6.45, 7) is 4.04. The molecule has 1 nitrogen and oxygen atoms in total. The minimum atomic E-state index is -3.46. The third-order valence-electron chi connectivity index (χ3n) is 2.21. The average Bonchev–Trinajstić information content (AvgIpc) is 2.20. The first kappa shape index (κ1) is 13.1. The Morgan fingerprint density at radius 3 is 2.50 bits per heavy atom. The minimum absolute atomic E-state index is 0.285. The van der Waals surface area contributed by atoms with Crippen molar-refractivity contribution in [2.75, 3.05) is 0 Å². The molecule has 0 saturated heterocycles. The third-order valence-corrected chi connectivity index (χ3v) is 2.57.